The number of unbranched alkanes of at least 4 members (excludes halogenated alkanes) is 3. The molecule has 0 aromatic carbocycles. The highest BCUT2D eigenvalue weighted by atomic mass is 28.2. The van der Waals surface area contributed by atoms with Crippen LogP contribution in [-0.4, -0.2) is 13.6 Å². The average molecular weight is 236 g/mol. The summed E-state index contributed by atoms with van der Waals surface area (Å²) in [7, 11) is -0.145. The molecule has 0 saturated carbocycles. The second-order valence-corrected chi connectivity index (χ2v) is 7.43. The van der Waals surface area contributed by atoms with Crippen molar-refractivity contribution in [2.45, 2.75) is 78.2 Å². The van der Waals surface area contributed by atoms with Gasteiger partial charge in [-0.25, -0.2) is 0 Å². The Morgan fingerprint density at radius 2 is 1.50 bits per heavy atom. The van der Waals surface area contributed by atoms with E-state index in [1.165, 1.54) is 57.4 Å². The molecular formula is C15H28Si. The zero-order chi connectivity index (χ0) is 11.8. The Bertz CT molecular complexity index is 261. The Morgan fingerprint density at radius 3 is 2.12 bits per heavy atom. The summed E-state index contributed by atoms with van der Waals surface area (Å²) in [6.45, 7) is 6.93. The number of rotatable bonds is 9. The highest BCUT2D eigenvalue weighted by Gasteiger charge is 2.18. The van der Waals surface area contributed by atoms with Crippen molar-refractivity contribution in [1.82, 2.24) is 0 Å². The molecule has 1 heteroatoms. The quantitative estimate of drug-likeness (QED) is 0.500. The van der Waals surface area contributed by atoms with Crippen LogP contribution < -0.4 is 0 Å². The van der Waals surface area contributed by atoms with E-state index in [0.717, 1.165) is 0 Å². The summed E-state index contributed by atoms with van der Waals surface area (Å²) < 4.78 is 0. The fourth-order valence-corrected chi connectivity index (χ4v) is 5.34. The molecule has 0 bridgehead atoms. The number of allylic oxidation sites excluding steroid dienone is 1. The monoisotopic (exact) mass is 236 g/mol. The molecule has 0 amide bonds. The highest BCUT2D eigenvalue weighted by Crippen LogP contribution is 2.22. The van der Waals surface area contributed by atoms with Gasteiger partial charge in [-0.2, -0.15) is 0 Å². The van der Waals surface area contributed by atoms with E-state index in [1.807, 2.05) is 5.17 Å². The highest BCUT2D eigenvalue weighted by molar-refractivity contribution is 6.83. The van der Waals surface area contributed by atoms with Gasteiger partial charge in [0.05, 0.1) is 0 Å². The van der Waals surface area contributed by atoms with E-state index >= 15 is 0 Å². The summed E-state index contributed by atoms with van der Waals surface area (Å²) in [5.74, 6) is 0. The summed E-state index contributed by atoms with van der Waals surface area (Å²) in [4.78, 5) is 0. The van der Waals surface area contributed by atoms with Gasteiger partial charge in [0.25, 0.3) is 0 Å². The molecule has 0 atom stereocenters. The van der Waals surface area contributed by atoms with E-state index in [9.17, 15) is 0 Å². The maximum absolute atomic E-state index is 2.67. The number of hydrogen-bond donors (Lipinski definition) is 0. The minimum Gasteiger partial charge on any atom is -0.0745 e. The van der Waals surface area contributed by atoms with Gasteiger partial charge in [0.2, 0.25) is 0 Å². The van der Waals surface area contributed by atoms with Gasteiger partial charge in [-0.3, -0.25) is 0 Å². The molecule has 0 radical (unpaired) electrons. The lowest BCUT2D eigenvalue weighted by molar-refractivity contribution is 0.791. The van der Waals surface area contributed by atoms with Crippen LogP contribution >= 0.6 is 0 Å². The van der Waals surface area contributed by atoms with Crippen LogP contribution in [0.4, 0.5) is 0 Å². The fourth-order valence-electron chi connectivity index (χ4n) is 2.37. The van der Waals surface area contributed by atoms with Crippen LogP contribution in [0.25, 0.3) is 0 Å². The zero-order valence-electron chi connectivity index (χ0n) is 11.4. The molecule has 0 saturated heterocycles. The first-order chi connectivity index (χ1) is 7.83. The molecule has 16 heavy (non-hydrogen) atoms. The third kappa shape index (κ3) is 4.01. The van der Waals surface area contributed by atoms with Gasteiger partial charge < -0.3 is 0 Å². The van der Waals surface area contributed by atoms with E-state index in [4.69, 9.17) is 0 Å². The molecule has 0 spiro atoms. The first kappa shape index (κ1) is 13.9. The van der Waals surface area contributed by atoms with Crippen LogP contribution in [0.5, 0.6) is 0 Å². The summed E-state index contributed by atoms with van der Waals surface area (Å²) in [6, 6.07) is 1.51. The maximum Gasteiger partial charge on any atom is 0.0410 e. The van der Waals surface area contributed by atoms with Gasteiger partial charge >= 0.3 is 0 Å². The smallest absolute Gasteiger partial charge is 0.0410 e. The van der Waals surface area contributed by atoms with Gasteiger partial charge in [0.1, 0.15) is 0 Å². The van der Waals surface area contributed by atoms with E-state index in [0.29, 0.717) is 0 Å². The molecule has 1 heterocycles. The van der Waals surface area contributed by atoms with Crippen LogP contribution in [0.3, 0.4) is 0 Å². The molecule has 0 unspecified atom stereocenters. The van der Waals surface area contributed by atoms with Crippen molar-refractivity contribution < 1.29 is 0 Å². The molecule has 0 aliphatic carbocycles. The Labute approximate surface area is 103 Å². The van der Waals surface area contributed by atoms with Gasteiger partial charge in [-0.15, -0.1) is 0 Å². The molecule has 0 N–H and O–H groups in total. The Hall–Kier alpha value is -0.173. The second kappa shape index (κ2) is 8.00. The molecule has 1 aliphatic rings. The lowest BCUT2D eigenvalue weighted by Gasteiger charge is -2.24. The summed E-state index contributed by atoms with van der Waals surface area (Å²) in [6.07, 6.45) is 11.1. The molecule has 92 valence electrons. The van der Waals surface area contributed by atoms with Gasteiger partial charge in [-0.1, -0.05) is 62.9 Å². The predicted octanol–water partition coefficient (Wildman–Crippen LogP) is 4.90. The number of hydrogen-bond acceptors (Lipinski definition) is 0. The van der Waals surface area contributed by atoms with Crippen molar-refractivity contribution in [3.63, 3.8) is 0 Å². The first-order valence-corrected chi connectivity index (χ1v) is 9.04. The Balaban J connectivity index is 2.43. The van der Waals surface area contributed by atoms with Crippen molar-refractivity contribution in [3.8, 4) is 0 Å². The second-order valence-electron chi connectivity index (χ2n) is 4.98. The SMILES string of the molecule is CCCCC1=C[Si](CCCC)=C1CCCC. The standard InChI is InChI=1S/C15H28Si/c1-4-7-10-14-13-16(12-9-6-3)15(14)11-8-5-2/h13H,4-12H2,1-3H3. The normalized spacial score (nSPS) is 15.1. The molecule has 1 rings (SSSR count). The lowest BCUT2D eigenvalue weighted by Crippen LogP contribution is -2.26. The van der Waals surface area contributed by atoms with Crippen molar-refractivity contribution in [1.29, 1.82) is 0 Å². The maximum atomic E-state index is 2.67. The minimum atomic E-state index is -0.145. The molecular weight excluding hydrogens is 208 g/mol. The van der Waals surface area contributed by atoms with Crippen LogP contribution in [0.15, 0.2) is 11.3 Å². The van der Waals surface area contributed by atoms with Crippen LogP contribution in [0, 0.1) is 0 Å². The third-order valence-corrected chi connectivity index (χ3v) is 6.44. The zero-order valence-corrected chi connectivity index (χ0v) is 12.4. The van der Waals surface area contributed by atoms with Crippen LogP contribution in [-0.2, 0) is 0 Å². The van der Waals surface area contributed by atoms with Crippen LogP contribution in [0.1, 0.15) is 72.1 Å². The van der Waals surface area contributed by atoms with Crippen molar-refractivity contribution in [2.75, 3.05) is 0 Å². The third-order valence-electron chi connectivity index (χ3n) is 3.50. The van der Waals surface area contributed by atoms with E-state index < -0.39 is 0 Å². The minimum absolute atomic E-state index is 0.145. The molecule has 1 aliphatic heterocycles. The molecule has 0 aromatic heterocycles. The molecule has 0 fully saturated rings. The summed E-state index contributed by atoms with van der Waals surface area (Å²) in [5.41, 5.74) is 4.43. The Morgan fingerprint density at radius 1 is 0.875 bits per heavy atom. The van der Waals surface area contributed by atoms with Crippen molar-refractivity contribution in [3.05, 3.63) is 11.3 Å². The van der Waals surface area contributed by atoms with E-state index in [1.54, 1.807) is 5.57 Å². The van der Waals surface area contributed by atoms with Gasteiger partial charge in [0.15, 0.2) is 0 Å². The predicted molar refractivity (Wildman–Crippen MR) is 77.6 cm³/mol. The molecule has 0 nitrogen and oxygen atoms in total. The summed E-state index contributed by atoms with van der Waals surface area (Å²) in [5, 5.41) is 1.92. The fraction of sp³-hybridized carbons (Fsp3) is 0.800. The van der Waals surface area contributed by atoms with Gasteiger partial charge in [-0.05, 0) is 31.7 Å². The van der Waals surface area contributed by atoms with E-state index in [2.05, 4.69) is 26.5 Å². The topological polar surface area (TPSA) is 0 Å². The summed E-state index contributed by atoms with van der Waals surface area (Å²) >= 11 is 0. The molecule has 0 aromatic rings. The van der Waals surface area contributed by atoms with Crippen molar-refractivity contribution >= 4 is 13.6 Å². The lowest BCUT2D eigenvalue weighted by atomic mass is 10.0. The first-order valence-electron chi connectivity index (χ1n) is 7.26. The average Bonchev–Trinajstić information content (AvgIpc) is 2.28. The van der Waals surface area contributed by atoms with Gasteiger partial charge in [0, 0.05) is 8.41 Å². The largest absolute Gasteiger partial charge is 0.0745 e. The van der Waals surface area contributed by atoms with Crippen LogP contribution in [0.2, 0.25) is 6.04 Å². The van der Waals surface area contributed by atoms with E-state index in [-0.39, 0.29) is 8.41 Å². The van der Waals surface area contributed by atoms with Crippen molar-refractivity contribution in [2.24, 2.45) is 0 Å². The Kier molecular flexibility index (Phi) is 6.94.